The van der Waals surface area contributed by atoms with E-state index in [-0.39, 0.29) is 11.3 Å². The number of carbonyl (C=O) groups is 1. The Morgan fingerprint density at radius 1 is 1.50 bits per heavy atom. The van der Waals surface area contributed by atoms with Crippen LogP contribution < -0.4 is 4.74 Å². The molecule has 0 saturated heterocycles. The number of aromatic carboxylic acids is 1. The third-order valence-corrected chi connectivity index (χ3v) is 1.39. The van der Waals surface area contributed by atoms with Gasteiger partial charge in [-0.25, -0.2) is 4.79 Å². The van der Waals surface area contributed by atoms with Crippen LogP contribution in [0.25, 0.3) is 0 Å². The molecule has 0 saturated carbocycles. The van der Waals surface area contributed by atoms with Crippen molar-refractivity contribution in [2.24, 2.45) is 0 Å². The molecule has 0 aliphatic carbocycles. The quantitative estimate of drug-likeness (QED) is 0.800. The first-order valence-electron chi connectivity index (χ1n) is 3.47. The molecule has 1 N–H and O–H groups in total. The van der Waals surface area contributed by atoms with Gasteiger partial charge in [0, 0.05) is 11.6 Å². The van der Waals surface area contributed by atoms with Gasteiger partial charge in [0.1, 0.15) is 5.75 Å². The fourth-order valence-electron chi connectivity index (χ4n) is 0.826. The van der Waals surface area contributed by atoms with Crippen LogP contribution >= 0.6 is 11.6 Å². The van der Waals surface area contributed by atoms with Crippen LogP contribution in [0.4, 0.5) is 8.78 Å². The second-order valence-corrected chi connectivity index (χ2v) is 2.82. The van der Waals surface area contributed by atoms with Gasteiger partial charge in [-0.2, -0.15) is 0 Å². The zero-order valence-electron chi connectivity index (χ0n) is 6.71. The van der Waals surface area contributed by atoms with Crippen LogP contribution in [0.15, 0.2) is 24.3 Å². The van der Waals surface area contributed by atoms with Crippen LogP contribution in [-0.4, -0.2) is 16.6 Å². The van der Waals surface area contributed by atoms with Crippen molar-refractivity contribution in [3.05, 3.63) is 29.8 Å². The van der Waals surface area contributed by atoms with Crippen molar-refractivity contribution in [3.63, 3.8) is 0 Å². The molecular formula is C8H5ClF2O3. The van der Waals surface area contributed by atoms with Gasteiger partial charge in [-0.3, -0.25) is 0 Å². The predicted octanol–water partition coefficient (Wildman–Crippen LogP) is 2.55. The number of benzene rings is 1. The summed E-state index contributed by atoms with van der Waals surface area (Å²) in [7, 11) is 0. The Hall–Kier alpha value is -1.36. The van der Waals surface area contributed by atoms with E-state index >= 15 is 0 Å². The van der Waals surface area contributed by atoms with E-state index in [1.165, 1.54) is 18.2 Å². The van der Waals surface area contributed by atoms with E-state index in [2.05, 4.69) is 16.3 Å². The monoisotopic (exact) mass is 222 g/mol. The van der Waals surface area contributed by atoms with Crippen LogP contribution in [0.5, 0.6) is 5.75 Å². The van der Waals surface area contributed by atoms with E-state index < -0.39 is 11.5 Å². The maximum Gasteiger partial charge on any atom is 0.487 e. The molecule has 0 bridgehead atoms. The van der Waals surface area contributed by atoms with Crippen molar-refractivity contribution in [2.75, 3.05) is 0 Å². The molecule has 0 amide bonds. The zero-order valence-corrected chi connectivity index (χ0v) is 7.46. The molecule has 1 rings (SSSR count). The fraction of sp³-hybridized carbons (Fsp3) is 0.125. The summed E-state index contributed by atoms with van der Waals surface area (Å²) in [5.41, 5.74) is -3.99. The number of carboxylic acids is 1. The Kier molecular flexibility index (Phi) is 2.90. The van der Waals surface area contributed by atoms with Gasteiger partial charge in [-0.05, 0) is 18.2 Å². The maximum atomic E-state index is 12.1. The highest BCUT2D eigenvalue weighted by atomic mass is 35.5. The van der Waals surface area contributed by atoms with Crippen LogP contribution in [-0.2, 0) is 0 Å². The molecule has 1 aromatic rings. The van der Waals surface area contributed by atoms with E-state index in [1.54, 1.807) is 0 Å². The average molecular weight is 223 g/mol. The highest BCUT2D eigenvalue weighted by Crippen LogP contribution is 2.25. The molecule has 0 fully saturated rings. The minimum atomic E-state index is -3.84. The number of ether oxygens (including phenoxy) is 1. The Labute approximate surface area is 82.9 Å². The second-order valence-electron chi connectivity index (χ2n) is 2.38. The summed E-state index contributed by atoms with van der Waals surface area (Å²) < 4.78 is 28.2. The summed E-state index contributed by atoms with van der Waals surface area (Å²) in [6, 6.07) is 4.67. The minimum Gasteiger partial charge on any atom is -0.478 e. The van der Waals surface area contributed by atoms with E-state index in [4.69, 9.17) is 5.11 Å². The number of hydrogen-bond donors (Lipinski definition) is 1. The van der Waals surface area contributed by atoms with Gasteiger partial charge in [0.05, 0.1) is 5.56 Å². The lowest BCUT2D eigenvalue weighted by molar-refractivity contribution is -0.0965. The normalized spacial score (nSPS) is 11.1. The predicted molar refractivity (Wildman–Crippen MR) is 44.8 cm³/mol. The largest absolute Gasteiger partial charge is 0.487 e. The van der Waals surface area contributed by atoms with Crippen LogP contribution in [0.1, 0.15) is 10.4 Å². The van der Waals surface area contributed by atoms with Gasteiger partial charge in [0.15, 0.2) is 0 Å². The lowest BCUT2D eigenvalue weighted by Gasteiger charge is -2.10. The van der Waals surface area contributed by atoms with Gasteiger partial charge < -0.3 is 9.84 Å². The van der Waals surface area contributed by atoms with Crippen molar-refractivity contribution in [1.29, 1.82) is 0 Å². The second kappa shape index (κ2) is 3.79. The molecule has 0 spiro atoms. The summed E-state index contributed by atoms with van der Waals surface area (Å²) in [5, 5.41) is 8.53. The maximum absolute atomic E-state index is 12.1. The summed E-state index contributed by atoms with van der Waals surface area (Å²) in [4.78, 5) is 10.4. The lowest BCUT2D eigenvalue weighted by atomic mass is 10.2. The van der Waals surface area contributed by atoms with Crippen molar-refractivity contribution in [3.8, 4) is 5.75 Å². The van der Waals surface area contributed by atoms with Crippen molar-refractivity contribution >= 4 is 17.6 Å². The van der Waals surface area contributed by atoms with Gasteiger partial charge in [-0.15, -0.1) is 8.78 Å². The molecule has 6 heteroatoms. The highest BCUT2D eigenvalue weighted by molar-refractivity contribution is 6.20. The van der Waals surface area contributed by atoms with Crippen molar-refractivity contribution in [2.45, 2.75) is 5.57 Å². The molecule has 3 nitrogen and oxygen atoms in total. The van der Waals surface area contributed by atoms with E-state index in [1.807, 2.05) is 0 Å². The van der Waals surface area contributed by atoms with Gasteiger partial charge in [0.25, 0.3) is 0 Å². The molecule has 76 valence electrons. The third kappa shape index (κ3) is 3.18. The van der Waals surface area contributed by atoms with Gasteiger partial charge in [-0.1, -0.05) is 6.07 Å². The number of rotatable bonds is 3. The first-order chi connectivity index (χ1) is 6.38. The summed E-state index contributed by atoms with van der Waals surface area (Å²) in [6.45, 7) is 0. The van der Waals surface area contributed by atoms with Gasteiger partial charge in [0.2, 0.25) is 0 Å². The summed E-state index contributed by atoms with van der Waals surface area (Å²) in [5.74, 6) is -1.53. The minimum absolute atomic E-state index is 0.150. The molecule has 0 aliphatic heterocycles. The Balaban J connectivity index is 2.89. The molecule has 0 aromatic heterocycles. The molecule has 0 unspecified atom stereocenters. The Morgan fingerprint density at radius 3 is 2.64 bits per heavy atom. The number of halogens is 3. The topological polar surface area (TPSA) is 46.5 Å². The molecule has 0 atom stereocenters. The molecule has 0 heterocycles. The Bertz CT molecular complexity index is 349. The molecule has 0 aliphatic rings. The number of alkyl halides is 3. The van der Waals surface area contributed by atoms with Crippen molar-refractivity contribution in [1.82, 2.24) is 0 Å². The summed E-state index contributed by atoms with van der Waals surface area (Å²) >= 11 is 4.50. The number of carboxylic acid groups (broad SMARTS) is 1. The number of hydrogen-bond acceptors (Lipinski definition) is 2. The fourth-order valence-corrected chi connectivity index (χ4v) is 0.915. The van der Waals surface area contributed by atoms with Crippen molar-refractivity contribution < 1.29 is 23.4 Å². The molecular weight excluding hydrogens is 218 g/mol. The molecule has 1 aromatic carbocycles. The van der Waals surface area contributed by atoms with Crippen LogP contribution in [0.2, 0.25) is 0 Å². The van der Waals surface area contributed by atoms with Crippen LogP contribution in [0.3, 0.4) is 0 Å². The zero-order chi connectivity index (χ0) is 10.8. The first kappa shape index (κ1) is 10.7. The standard InChI is InChI=1S/C8H5ClF2O3/c9-8(10,11)14-6-3-1-2-5(4-6)7(12)13/h1-4H,(H,12,13). The van der Waals surface area contributed by atoms with E-state index in [0.717, 1.165) is 6.07 Å². The molecule has 0 radical (unpaired) electrons. The molecule has 14 heavy (non-hydrogen) atoms. The van der Waals surface area contributed by atoms with E-state index in [0.29, 0.717) is 0 Å². The SMILES string of the molecule is O=C(O)c1cccc(OC(F)(F)Cl)c1. The van der Waals surface area contributed by atoms with Crippen LogP contribution in [0, 0.1) is 0 Å². The van der Waals surface area contributed by atoms with Gasteiger partial charge >= 0.3 is 11.5 Å². The first-order valence-corrected chi connectivity index (χ1v) is 3.85. The smallest absolute Gasteiger partial charge is 0.478 e. The Morgan fingerprint density at radius 2 is 2.14 bits per heavy atom. The lowest BCUT2D eigenvalue weighted by Crippen LogP contribution is -2.15. The average Bonchev–Trinajstić information content (AvgIpc) is 2.01. The van der Waals surface area contributed by atoms with E-state index in [9.17, 15) is 13.6 Å². The summed E-state index contributed by atoms with van der Waals surface area (Å²) in [6.07, 6.45) is 0. The third-order valence-electron chi connectivity index (χ3n) is 1.31. The highest BCUT2D eigenvalue weighted by Gasteiger charge is 2.27.